The normalized spacial score (nSPS) is 14.2. The van der Waals surface area contributed by atoms with Crippen LogP contribution in [-0.4, -0.2) is 73.4 Å². The molecule has 0 aromatic rings. The lowest BCUT2D eigenvalue weighted by Crippen LogP contribution is -2.45. The molecule has 85 heavy (non-hydrogen) atoms. The molecule has 494 valence electrons. The van der Waals surface area contributed by atoms with Gasteiger partial charge in [0.25, 0.3) is 0 Å². The van der Waals surface area contributed by atoms with Crippen LogP contribution in [0.2, 0.25) is 0 Å². The molecule has 0 saturated heterocycles. The highest BCUT2D eigenvalue weighted by Gasteiger charge is 2.28. The number of phosphoric acid groups is 1. The van der Waals surface area contributed by atoms with Gasteiger partial charge in [-0.25, -0.2) is 4.57 Å². The highest BCUT2D eigenvalue weighted by molar-refractivity contribution is 7.47. The van der Waals surface area contributed by atoms with E-state index in [9.17, 15) is 19.4 Å². The Hall–Kier alpha value is -2.58. The lowest BCUT2D eigenvalue weighted by Gasteiger charge is -2.25. The van der Waals surface area contributed by atoms with Crippen LogP contribution < -0.4 is 5.32 Å². The summed E-state index contributed by atoms with van der Waals surface area (Å²) in [5.41, 5.74) is 0. The van der Waals surface area contributed by atoms with Crippen molar-refractivity contribution in [2.75, 3.05) is 40.9 Å². The Morgan fingerprint density at radius 1 is 0.412 bits per heavy atom. The summed E-state index contributed by atoms with van der Waals surface area (Å²) in [7, 11) is 1.56. The van der Waals surface area contributed by atoms with E-state index in [-0.39, 0.29) is 19.1 Å². The van der Waals surface area contributed by atoms with E-state index < -0.39 is 20.0 Å². The summed E-state index contributed by atoms with van der Waals surface area (Å²) in [5.74, 6) is -0.185. The summed E-state index contributed by atoms with van der Waals surface area (Å²) in [6.45, 7) is 4.72. The molecule has 0 aliphatic carbocycles. The van der Waals surface area contributed by atoms with Crippen LogP contribution in [0.1, 0.15) is 328 Å². The summed E-state index contributed by atoms with van der Waals surface area (Å²) < 4.78 is 23.8. The molecule has 0 bridgehead atoms. The minimum atomic E-state index is -4.37. The van der Waals surface area contributed by atoms with Gasteiger partial charge in [0.2, 0.25) is 5.91 Å². The topological polar surface area (TPSA) is 105 Å². The van der Waals surface area contributed by atoms with E-state index in [2.05, 4.69) is 104 Å². The van der Waals surface area contributed by atoms with Crippen molar-refractivity contribution in [2.24, 2.45) is 0 Å². The first kappa shape index (κ1) is 82.4. The fourth-order valence-electron chi connectivity index (χ4n) is 10.5. The Kier molecular flexibility index (Phi) is 63.9. The zero-order chi connectivity index (χ0) is 61.9. The number of nitrogens with one attached hydrogen (secondary N) is 1. The molecular weight excluding hydrogens is 1070 g/mol. The Morgan fingerprint density at radius 2 is 0.718 bits per heavy atom. The number of aliphatic hydroxyl groups excluding tert-OH is 1. The number of aliphatic hydroxyl groups is 1. The van der Waals surface area contributed by atoms with E-state index in [1.807, 2.05) is 27.2 Å². The molecule has 9 heteroatoms. The maximum absolute atomic E-state index is 13.1. The first-order valence-corrected chi connectivity index (χ1v) is 37.6. The molecule has 3 atom stereocenters. The van der Waals surface area contributed by atoms with Crippen LogP contribution in [-0.2, 0) is 18.4 Å². The minimum absolute atomic E-state index is 0.0539. The number of rotatable bonds is 66. The number of unbranched alkanes of at least 4 members (excludes halogenated alkanes) is 39. The quantitative estimate of drug-likeness (QED) is 0.0243. The van der Waals surface area contributed by atoms with Crippen molar-refractivity contribution >= 4 is 13.7 Å². The molecule has 3 unspecified atom stereocenters. The van der Waals surface area contributed by atoms with Gasteiger partial charge in [-0.15, -0.1) is 0 Å². The van der Waals surface area contributed by atoms with Crippen molar-refractivity contribution < 1.29 is 32.9 Å². The lowest BCUT2D eigenvalue weighted by atomic mass is 10.0. The Bertz CT molecular complexity index is 1710. The van der Waals surface area contributed by atoms with Crippen molar-refractivity contribution in [3.8, 4) is 0 Å². The summed E-state index contributed by atoms with van der Waals surface area (Å²) in [6.07, 6.45) is 95.7. The number of hydrogen-bond donors (Lipinski definition) is 3. The third-order valence-corrected chi connectivity index (χ3v) is 17.0. The van der Waals surface area contributed by atoms with E-state index in [1.54, 1.807) is 6.08 Å². The molecule has 0 aromatic heterocycles. The maximum Gasteiger partial charge on any atom is 0.472 e. The van der Waals surface area contributed by atoms with Gasteiger partial charge in [-0.1, -0.05) is 336 Å². The highest BCUT2D eigenvalue weighted by atomic mass is 31.2. The maximum atomic E-state index is 13.1. The van der Waals surface area contributed by atoms with Gasteiger partial charge >= 0.3 is 7.82 Å². The van der Waals surface area contributed by atoms with E-state index in [0.29, 0.717) is 17.4 Å². The van der Waals surface area contributed by atoms with Crippen LogP contribution in [0.5, 0.6) is 0 Å². The summed E-state index contributed by atoms with van der Waals surface area (Å²) >= 11 is 0. The van der Waals surface area contributed by atoms with E-state index in [0.717, 1.165) is 77.0 Å². The third kappa shape index (κ3) is 68.8. The standard InChI is InChI=1S/C76H139N2O6P/c1-6-8-10-12-14-16-18-20-22-24-26-28-30-32-34-36-37-38-39-40-41-42-44-46-48-50-52-54-56-58-60-62-64-66-68-70-76(80)77-74(73-84-85(81,82)83-72-71-78(3,4)5)75(79)69-67-65-63-61-59-57-55-53-51-49-47-45-43-35-33-31-29-27-25-23-21-19-17-15-13-11-9-7-2/h8,10,14,16,20,22,26,28,32,34,37-38,59,61,67,69,74-75,79H,6-7,9,11-13,15,17-19,21,23-25,27,29-31,33,35-36,39-58,60,62-66,68,70-73H2,1-5H3,(H-,77,80,81,82)/p+1/b10-8-,16-14-,22-20-,28-26-,34-32-,38-37-,61-59+,69-67+. The van der Waals surface area contributed by atoms with Gasteiger partial charge in [0.1, 0.15) is 13.2 Å². The molecule has 0 rings (SSSR count). The van der Waals surface area contributed by atoms with Gasteiger partial charge in [-0.3, -0.25) is 13.8 Å². The van der Waals surface area contributed by atoms with E-state index in [1.165, 1.54) is 231 Å². The molecule has 0 radical (unpaired) electrons. The van der Waals surface area contributed by atoms with Crippen LogP contribution in [0.25, 0.3) is 0 Å². The average molecular weight is 1210 g/mol. The van der Waals surface area contributed by atoms with E-state index >= 15 is 0 Å². The number of carbonyl (C=O) groups excluding carboxylic acids is 1. The summed E-state index contributed by atoms with van der Waals surface area (Å²) in [4.78, 5) is 23.4. The predicted molar refractivity (Wildman–Crippen MR) is 373 cm³/mol. The fourth-order valence-corrected chi connectivity index (χ4v) is 11.2. The van der Waals surface area contributed by atoms with Gasteiger partial charge in [-0.2, -0.15) is 0 Å². The number of nitrogens with zero attached hydrogens (tertiary/aromatic N) is 1. The largest absolute Gasteiger partial charge is 0.472 e. The Morgan fingerprint density at radius 3 is 1.08 bits per heavy atom. The molecule has 0 saturated carbocycles. The smallest absolute Gasteiger partial charge is 0.387 e. The van der Waals surface area contributed by atoms with Gasteiger partial charge in [-0.05, 0) is 83.5 Å². The third-order valence-electron chi connectivity index (χ3n) is 16.0. The zero-order valence-corrected chi connectivity index (χ0v) is 57.5. The van der Waals surface area contributed by atoms with Crippen molar-refractivity contribution in [1.29, 1.82) is 0 Å². The Labute approximate surface area is 528 Å². The number of phosphoric ester groups is 1. The average Bonchev–Trinajstić information content (AvgIpc) is 3.48. The molecule has 0 aliphatic rings. The molecule has 0 heterocycles. The molecule has 0 aromatic carbocycles. The van der Waals surface area contributed by atoms with Crippen LogP contribution in [0, 0.1) is 0 Å². The molecule has 3 N–H and O–H groups in total. The van der Waals surface area contributed by atoms with Gasteiger partial charge in [0.05, 0.1) is 39.9 Å². The molecular formula is C76H140N2O6P+. The highest BCUT2D eigenvalue weighted by Crippen LogP contribution is 2.43. The molecule has 1 amide bonds. The fraction of sp³-hybridized carbons (Fsp3) is 0.776. The van der Waals surface area contributed by atoms with E-state index in [4.69, 9.17) is 9.05 Å². The SMILES string of the molecule is CC/C=C\C/C=C\C/C=C\C/C=C\C/C=C\C/C=C\CCCCCCCCCCCCCCCCCCC(=O)NC(COP(=O)(O)OCC[N+](C)(C)C)C(O)/C=C/CC/C=C/CCCCCCCCCCCCCCCCCCCCCCCC. The number of hydrogen-bond acceptors (Lipinski definition) is 5. The first-order chi connectivity index (χ1) is 41.5. The van der Waals surface area contributed by atoms with Gasteiger partial charge < -0.3 is 19.8 Å². The molecule has 0 fully saturated rings. The van der Waals surface area contributed by atoms with Crippen LogP contribution in [0.4, 0.5) is 0 Å². The van der Waals surface area contributed by atoms with Crippen LogP contribution >= 0.6 is 7.82 Å². The van der Waals surface area contributed by atoms with Gasteiger partial charge in [0, 0.05) is 6.42 Å². The summed E-state index contributed by atoms with van der Waals surface area (Å²) in [6, 6.07) is -0.870. The number of likely N-dealkylation sites (N-methyl/N-ethyl adjacent to an activating group) is 1. The van der Waals surface area contributed by atoms with Gasteiger partial charge in [0.15, 0.2) is 0 Å². The monoisotopic (exact) mass is 1210 g/mol. The first-order valence-electron chi connectivity index (χ1n) is 36.1. The molecule has 8 nitrogen and oxygen atoms in total. The lowest BCUT2D eigenvalue weighted by molar-refractivity contribution is -0.870. The zero-order valence-electron chi connectivity index (χ0n) is 56.6. The molecule has 0 aliphatic heterocycles. The number of quaternary nitrogens is 1. The number of allylic oxidation sites excluding steroid dienone is 15. The number of carbonyl (C=O) groups is 1. The number of amides is 1. The van der Waals surface area contributed by atoms with Crippen molar-refractivity contribution in [3.05, 3.63) is 97.2 Å². The van der Waals surface area contributed by atoms with Crippen LogP contribution in [0.15, 0.2) is 97.2 Å². The Balaban J connectivity index is 4.08. The molecule has 0 spiro atoms. The second kappa shape index (κ2) is 65.9. The van der Waals surface area contributed by atoms with Crippen molar-refractivity contribution in [2.45, 2.75) is 341 Å². The summed E-state index contributed by atoms with van der Waals surface area (Å²) in [5, 5.41) is 14.0. The van der Waals surface area contributed by atoms with Crippen molar-refractivity contribution in [1.82, 2.24) is 5.32 Å². The van der Waals surface area contributed by atoms with Crippen LogP contribution in [0.3, 0.4) is 0 Å². The predicted octanol–water partition coefficient (Wildman–Crippen LogP) is 23.3. The van der Waals surface area contributed by atoms with Crippen molar-refractivity contribution in [3.63, 3.8) is 0 Å². The second-order valence-electron chi connectivity index (χ2n) is 25.6. The minimum Gasteiger partial charge on any atom is -0.387 e. The second-order valence-corrected chi connectivity index (χ2v) is 27.0.